The Morgan fingerprint density at radius 2 is 1.74 bits per heavy atom. The van der Waals surface area contributed by atoms with Gasteiger partial charge in [0.2, 0.25) is 0 Å². The molecule has 2 aromatic carbocycles. The second kappa shape index (κ2) is 10.3. The van der Waals surface area contributed by atoms with Gasteiger partial charge in [0.15, 0.2) is 5.78 Å². The van der Waals surface area contributed by atoms with E-state index in [0.29, 0.717) is 10.9 Å². The molecule has 9 nitrogen and oxygen atoms in total. The van der Waals surface area contributed by atoms with Gasteiger partial charge < -0.3 is 14.8 Å². The predicted octanol–water partition coefficient (Wildman–Crippen LogP) is 3.05. The average molecular weight is 507 g/mol. The predicted molar refractivity (Wildman–Crippen MR) is 126 cm³/mol. The van der Waals surface area contributed by atoms with Crippen LogP contribution in [0.5, 0.6) is 0 Å². The summed E-state index contributed by atoms with van der Waals surface area (Å²) < 4.78 is 37.4. The van der Waals surface area contributed by atoms with Crippen molar-refractivity contribution in [2.45, 2.75) is 24.3 Å². The first-order valence-corrected chi connectivity index (χ1v) is 12.1. The molecule has 11 heteroatoms. The van der Waals surface area contributed by atoms with Crippen LogP contribution in [-0.2, 0) is 30.7 Å². The fourth-order valence-corrected chi connectivity index (χ4v) is 5.00. The number of hydrogen-bond donors (Lipinski definition) is 1. The number of benzene rings is 2. The number of alkyl carbamates (subject to hydrolysis) is 1. The van der Waals surface area contributed by atoms with Crippen LogP contribution in [0.15, 0.2) is 53.6 Å². The van der Waals surface area contributed by atoms with Gasteiger partial charge in [0.25, 0.3) is 10.0 Å². The topological polar surface area (TPSA) is 121 Å². The Kier molecular flexibility index (Phi) is 7.63. The molecular weight excluding hydrogens is 484 g/mol. The molecule has 1 atom stereocenters. The van der Waals surface area contributed by atoms with E-state index >= 15 is 0 Å². The lowest BCUT2D eigenvalue weighted by Gasteiger charge is -2.15. The molecule has 0 fully saturated rings. The summed E-state index contributed by atoms with van der Waals surface area (Å²) in [5.41, 5.74) is 1.79. The van der Waals surface area contributed by atoms with Crippen molar-refractivity contribution in [1.82, 2.24) is 9.29 Å². The second-order valence-electron chi connectivity index (χ2n) is 7.47. The van der Waals surface area contributed by atoms with Crippen LogP contribution in [0.3, 0.4) is 0 Å². The van der Waals surface area contributed by atoms with Crippen LogP contribution in [0, 0.1) is 6.92 Å². The molecule has 1 heterocycles. The number of carbonyl (C=O) groups is 3. The third-order valence-corrected chi connectivity index (χ3v) is 7.19. The Morgan fingerprint density at radius 1 is 1.06 bits per heavy atom. The SMILES string of the molecule is COC(=O)N[C@@H](Cc1cn(S(=O)(=O)c2ccc(C)cc2)c2cc(C(=O)CCl)ccc12)C(=O)OC. The van der Waals surface area contributed by atoms with Crippen LogP contribution in [0.25, 0.3) is 10.9 Å². The van der Waals surface area contributed by atoms with Crippen molar-refractivity contribution < 1.29 is 32.3 Å². The Bertz CT molecular complexity index is 1350. The molecule has 34 heavy (non-hydrogen) atoms. The van der Waals surface area contributed by atoms with Crippen LogP contribution >= 0.6 is 11.6 Å². The Hall–Kier alpha value is -3.37. The molecule has 0 aliphatic heterocycles. The number of Topliss-reactive ketones (excluding diaryl/α,β-unsaturated/α-hetero) is 1. The molecule has 0 saturated heterocycles. The summed E-state index contributed by atoms with van der Waals surface area (Å²) in [4.78, 5) is 36.2. The Balaban J connectivity index is 2.20. The number of ether oxygens (including phenoxy) is 2. The molecule has 1 amide bonds. The lowest BCUT2D eigenvalue weighted by atomic mass is 10.0. The van der Waals surface area contributed by atoms with Gasteiger partial charge in [-0.3, -0.25) is 4.79 Å². The van der Waals surface area contributed by atoms with E-state index < -0.39 is 28.1 Å². The summed E-state index contributed by atoms with van der Waals surface area (Å²) in [6, 6.07) is 9.74. The maximum absolute atomic E-state index is 13.5. The number of halogens is 1. The molecule has 0 aliphatic carbocycles. The minimum Gasteiger partial charge on any atom is -0.467 e. The van der Waals surface area contributed by atoms with Gasteiger partial charge in [0, 0.05) is 23.6 Å². The first-order valence-electron chi connectivity index (χ1n) is 10.1. The van der Waals surface area contributed by atoms with Crippen molar-refractivity contribution in [1.29, 1.82) is 0 Å². The maximum atomic E-state index is 13.5. The van der Waals surface area contributed by atoms with E-state index in [0.717, 1.165) is 16.6 Å². The fraction of sp³-hybridized carbons (Fsp3) is 0.261. The molecular formula is C23H23ClN2O7S. The number of nitrogens with one attached hydrogen (secondary N) is 1. The number of nitrogens with zero attached hydrogens (tertiary/aromatic N) is 1. The smallest absolute Gasteiger partial charge is 0.407 e. The van der Waals surface area contributed by atoms with Gasteiger partial charge >= 0.3 is 12.1 Å². The minimum absolute atomic E-state index is 0.0489. The van der Waals surface area contributed by atoms with Crippen LogP contribution in [0.2, 0.25) is 0 Å². The van der Waals surface area contributed by atoms with Gasteiger partial charge in [-0.1, -0.05) is 29.8 Å². The quantitative estimate of drug-likeness (QED) is 0.283. The number of amides is 1. The molecule has 3 aromatic rings. The summed E-state index contributed by atoms with van der Waals surface area (Å²) in [7, 11) is -1.73. The average Bonchev–Trinajstić information content (AvgIpc) is 3.21. The molecule has 180 valence electrons. The fourth-order valence-electron chi connectivity index (χ4n) is 3.46. The summed E-state index contributed by atoms with van der Waals surface area (Å²) in [6.07, 6.45) is 0.433. The summed E-state index contributed by atoms with van der Waals surface area (Å²) in [5.74, 6) is -1.37. The molecule has 0 spiro atoms. The third kappa shape index (κ3) is 5.07. The van der Waals surface area contributed by atoms with E-state index in [-0.39, 0.29) is 34.1 Å². The van der Waals surface area contributed by atoms with Gasteiger partial charge in [-0.05, 0) is 30.7 Å². The highest BCUT2D eigenvalue weighted by molar-refractivity contribution is 7.90. The van der Waals surface area contributed by atoms with E-state index in [1.54, 1.807) is 18.2 Å². The molecule has 3 rings (SSSR count). The number of alkyl halides is 1. The highest BCUT2D eigenvalue weighted by Crippen LogP contribution is 2.28. The van der Waals surface area contributed by atoms with E-state index in [1.165, 1.54) is 37.6 Å². The number of carbonyl (C=O) groups excluding carboxylic acids is 3. The van der Waals surface area contributed by atoms with Crippen LogP contribution in [0.1, 0.15) is 21.5 Å². The number of methoxy groups -OCH3 is 2. The van der Waals surface area contributed by atoms with Crippen LogP contribution in [0.4, 0.5) is 4.79 Å². The summed E-state index contributed by atoms with van der Waals surface area (Å²) in [6.45, 7) is 1.84. The molecule has 1 aromatic heterocycles. The Morgan fingerprint density at radius 3 is 2.32 bits per heavy atom. The highest BCUT2D eigenvalue weighted by Gasteiger charge is 2.27. The minimum atomic E-state index is -4.06. The normalized spacial score (nSPS) is 12.2. The lowest BCUT2D eigenvalue weighted by molar-refractivity contribution is -0.142. The van der Waals surface area contributed by atoms with Gasteiger partial charge in [-0.2, -0.15) is 0 Å². The molecule has 0 radical (unpaired) electrons. The number of ketones is 1. The van der Waals surface area contributed by atoms with Gasteiger partial charge in [0.05, 0.1) is 30.5 Å². The monoisotopic (exact) mass is 506 g/mol. The second-order valence-corrected chi connectivity index (χ2v) is 9.55. The molecule has 0 aliphatic rings. The molecule has 0 saturated carbocycles. The summed E-state index contributed by atoms with van der Waals surface area (Å²) in [5, 5.41) is 2.86. The number of fused-ring (bicyclic) bond motifs is 1. The summed E-state index contributed by atoms with van der Waals surface area (Å²) >= 11 is 5.69. The van der Waals surface area contributed by atoms with E-state index in [4.69, 9.17) is 16.3 Å². The largest absolute Gasteiger partial charge is 0.467 e. The van der Waals surface area contributed by atoms with Crippen molar-refractivity contribution in [3.63, 3.8) is 0 Å². The first-order chi connectivity index (χ1) is 16.1. The number of aromatic nitrogens is 1. The van der Waals surface area contributed by atoms with Crippen LogP contribution in [-0.4, -0.2) is 56.4 Å². The number of esters is 1. The molecule has 0 unspecified atom stereocenters. The Labute approximate surface area is 201 Å². The van der Waals surface area contributed by atoms with E-state index in [9.17, 15) is 22.8 Å². The number of hydrogen-bond acceptors (Lipinski definition) is 7. The van der Waals surface area contributed by atoms with Gasteiger partial charge in [-0.15, -0.1) is 11.6 Å². The zero-order valence-corrected chi connectivity index (χ0v) is 20.3. The van der Waals surface area contributed by atoms with Crippen molar-refractivity contribution >= 4 is 50.4 Å². The number of aryl methyl sites for hydroxylation is 1. The third-order valence-electron chi connectivity index (χ3n) is 5.26. The lowest BCUT2D eigenvalue weighted by Crippen LogP contribution is -2.43. The van der Waals surface area contributed by atoms with Crippen molar-refractivity contribution in [2.24, 2.45) is 0 Å². The highest BCUT2D eigenvalue weighted by atomic mass is 35.5. The number of rotatable bonds is 8. The van der Waals surface area contributed by atoms with Crippen molar-refractivity contribution in [2.75, 3.05) is 20.1 Å². The van der Waals surface area contributed by atoms with Gasteiger partial charge in [-0.25, -0.2) is 22.0 Å². The van der Waals surface area contributed by atoms with E-state index in [2.05, 4.69) is 10.1 Å². The van der Waals surface area contributed by atoms with Crippen LogP contribution < -0.4 is 5.32 Å². The standard InChI is InChI=1S/C23H23ClN2O7S/c1-14-4-7-17(8-5-14)34(30,31)26-13-16(10-19(22(28)32-2)25-23(29)33-3)18-9-6-15(11-20(18)26)21(27)12-24/h4-9,11,13,19H,10,12H2,1-3H3,(H,25,29)/t19-/m0/s1. The zero-order valence-electron chi connectivity index (χ0n) is 18.7. The molecule has 1 N–H and O–H groups in total. The molecule has 0 bridgehead atoms. The van der Waals surface area contributed by atoms with E-state index in [1.807, 2.05) is 6.92 Å². The maximum Gasteiger partial charge on any atom is 0.407 e. The van der Waals surface area contributed by atoms with Crippen molar-refractivity contribution in [3.8, 4) is 0 Å². The first kappa shape index (κ1) is 25.3. The zero-order chi connectivity index (χ0) is 25.0. The van der Waals surface area contributed by atoms with Crippen molar-refractivity contribution in [3.05, 3.63) is 65.4 Å². The van der Waals surface area contributed by atoms with Gasteiger partial charge in [0.1, 0.15) is 6.04 Å².